The Hall–Kier alpha value is -1.31. The average Bonchev–Trinajstić information content (AvgIpc) is 2.26. The van der Waals surface area contributed by atoms with Crippen LogP contribution >= 0.6 is 11.6 Å². The number of sulfonamides is 1. The van der Waals surface area contributed by atoms with Crippen molar-refractivity contribution in [1.29, 1.82) is 0 Å². The van der Waals surface area contributed by atoms with Gasteiger partial charge in [-0.3, -0.25) is 4.79 Å². The summed E-state index contributed by atoms with van der Waals surface area (Å²) in [5.41, 5.74) is 5.58. The van der Waals surface area contributed by atoms with Gasteiger partial charge in [0.05, 0.1) is 17.8 Å². The van der Waals surface area contributed by atoms with E-state index in [1.165, 1.54) is 25.1 Å². The Morgan fingerprint density at radius 3 is 2.61 bits per heavy atom. The van der Waals surface area contributed by atoms with Gasteiger partial charge in [-0.1, -0.05) is 17.7 Å². The van der Waals surface area contributed by atoms with E-state index in [9.17, 15) is 13.2 Å². The third kappa shape index (κ3) is 3.12. The minimum absolute atomic E-state index is 0.00654. The van der Waals surface area contributed by atoms with Crippen LogP contribution in [-0.2, 0) is 19.6 Å². The number of carbonyl (C=O) groups excluding carboxylic acids is 1. The molecule has 1 unspecified atom stereocenters. The van der Waals surface area contributed by atoms with E-state index in [0.717, 1.165) is 7.11 Å². The molecule has 100 valence electrons. The van der Waals surface area contributed by atoms with Crippen molar-refractivity contribution in [2.75, 3.05) is 12.8 Å². The van der Waals surface area contributed by atoms with Crippen LogP contribution in [0.5, 0.6) is 0 Å². The predicted octanol–water partition coefficient (Wildman–Crippen LogP) is 0.762. The number of nitrogens with one attached hydrogen (secondary N) is 1. The second-order valence-electron chi connectivity index (χ2n) is 3.52. The molecular weight excluding hydrogens is 280 g/mol. The summed E-state index contributed by atoms with van der Waals surface area (Å²) in [5, 5.41) is -0.0143. The topological polar surface area (TPSA) is 98.5 Å². The quantitative estimate of drug-likeness (QED) is 0.630. The number of ether oxygens (including phenoxy) is 1. The van der Waals surface area contributed by atoms with Crippen molar-refractivity contribution in [3.05, 3.63) is 23.2 Å². The number of hydrogen-bond acceptors (Lipinski definition) is 5. The number of hydrogen-bond donors (Lipinski definition) is 2. The molecule has 1 atom stereocenters. The third-order valence-corrected chi connectivity index (χ3v) is 4.24. The maximum atomic E-state index is 12.0. The maximum Gasteiger partial charge on any atom is 0.323 e. The van der Waals surface area contributed by atoms with Crippen molar-refractivity contribution in [3.8, 4) is 0 Å². The molecular formula is C10H13ClN2O4S. The van der Waals surface area contributed by atoms with Crippen molar-refractivity contribution >= 4 is 33.3 Å². The Morgan fingerprint density at radius 2 is 2.11 bits per heavy atom. The summed E-state index contributed by atoms with van der Waals surface area (Å²) in [6.07, 6.45) is 0. The molecule has 0 aromatic heterocycles. The highest BCUT2D eigenvalue weighted by Gasteiger charge is 2.26. The Kier molecular flexibility index (Phi) is 4.55. The number of esters is 1. The van der Waals surface area contributed by atoms with Gasteiger partial charge in [0.1, 0.15) is 10.9 Å². The molecule has 0 bridgehead atoms. The molecule has 0 amide bonds. The van der Waals surface area contributed by atoms with Crippen LogP contribution in [0.25, 0.3) is 0 Å². The fourth-order valence-electron chi connectivity index (χ4n) is 1.33. The molecule has 0 aliphatic carbocycles. The van der Waals surface area contributed by atoms with Crippen LogP contribution in [0.3, 0.4) is 0 Å². The average molecular weight is 293 g/mol. The Morgan fingerprint density at radius 1 is 1.50 bits per heavy atom. The first-order chi connectivity index (χ1) is 8.29. The predicted molar refractivity (Wildman–Crippen MR) is 67.7 cm³/mol. The number of anilines is 1. The number of halogens is 1. The molecule has 1 aromatic rings. The number of carbonyl (C=O) groups is 1. The normalized spacial score (nSPS) is 13.1. The Labute approximate surface area is 110 Å². The molecule has 1 rings (SSSR count). The number of nitrogen functional groups attached to an aromatic ring is 1. The van der Waals surface area contributed by atoms with Crippen molar-refractivity contribution in [3.63, 3.8) is 0 Å². The smallest absolute Gasteiger partial charge is 0.323 e. The van der Waals surface area contributed by atoms with E-state index in [2.05, 4.69) is 9.46 Å². The molecule has 3 N–H and O–H groups in total. The minimum atomic E-state index is -3.98. The molecule has 0 heterocycles. The Bertz CT molecular complexity index is 539. The summed E-state index contributed by atoms with van der Waals surface area (Å²) < 4.78 is 30.6. The Balaban J connectivity index is 3.12. The molecule has 0 aliphatic heterocycles. The second-order valence-corrected chi connectivity index (χ2v) is 5.58. The highest BCUT2D eigenvalue weighted by Crippen LogP contribution is 2.26. The highest BCUT2D eigenvalue weighted by molar-refractivity contribution is 7.89. The van der Waals surface area contributed by atoms with Crippen LogP contribution < -0.4 is 10.5 Å². The molecule has 0 radical (unpaired) electrons. The number of benzene rings is 1. The van der Waals surface area contributed by atoms with Gasteiger partial charge >= 0.3 is 5.97 Å². The van der Waals surface area contributed by atoms with E-state index in [-0.39, 0.29) is 15.6 Å². The first-order valence-corrected chi connectivity index (χ1v) is 6.80. The fraction of sp³-hybridized carbons (Fsp3) is 0.300. The summed E-state index contributed by atoms with van der Waals surface area (Å²) in [6.45, 7) is 1.36. The van der Waals surface area contributed by atoms with Gasteiger partial charge in [-0.25, -0.2) is 8.42 Å². The molecule has 0 spiro atoms. The zero-order chi connectivity index (χ0) is 13.9. The number of nitrogens with two attached hydrogens (primary N) is 1. The van der Waals surface area contributed by atoms with Gasteiger partial charge in [0.25, 0.3) is 0 Å². The molecule has 0 saturated heterocycles. The van der Waals surface area contributed by atoms with Crippen LogP contribution in [0.15, 0.2) is 23.1 Å². The third-order valence-electron chi connectivity index (χ3n) is 2.15. The summed E-state index contributed by atoms with van der Waals surface area (Å²) >= 11 is 5.80. The largest absolute Gasteiger partial charge is 0.468 e. The molecule has 0 aliphatic rings. The van der Waals surface area contributed by atoms with Crippen molar-refractivity contribution < 1.29 is 17.9 Å². The summed E-state index contributed by atoms with van der Waals surface area (Å²) in [6, 6.07) is 3.30. The zero-order valence-electron chi connectivity index (χ0n) is 9.81. The lowest BCUT2D eigenvalue weighted by Gasteiger charge is -2.14. The second kappa shape index (κ2) is 5.55. The lowest BCUT2D eigenvalue weighted by Crippen LogP contribution is -2.39. The van der Waals surface area contributed by atoms with Crippen LogP contribution in [0.4, 0.5) is 5.69 Å². The highest BCUT2D eigenvalue weighted by atomic mass is 35.5. The minimum Gasteiger partial charge on any atom is -0.468 e. The van der Waals surface area contributed by atoms with Crippen LogP contribution in [0.1, 0.15) is 6.92 Å². The molecule has 8 heteroatoms. The van der Waals surface area contributed by atoms with E-state index in [1.54, 1.807) is 0 Å². The van der Waals surface area contributed by atoms with Crippen LogP contribution in [-0.4, -0.2) is 27.5 Å². The number of methoxy groups -OCH3 is 1. The van der Waals surface area contributed by atoms with Gasteiger partial charge < -0.3 is 10.5 Å². The van der Waals surface area contributed by atoms with Gasteiger partial charge in [0.15, 0.2) is 0 Å². The summed E-state index contributed by atoms with van der Waals surface area (Å²) in [7, 11) is -2.82. The van der Waals surface area contributed by atoms with Crippen molar-refractivity contribution in [2.45, 2.75) is 17.9 Å². The standard InChI is InChI=1S/C10H13ClN2O4S/c1-6(10(14)17-2)13-18(15,16)9-7(11)4-3-5-8(9)12/h3-6,13H,12H2,1-2H3. The lowest BCUT2D eigenvalue weighted by molar-refractivity contribution is -0.142. The van der Waals surface area contributed by atoms with Gasteiger partial charge in [-0.2, -0.15) is 4.72 Å². The molecule has 6 nitrogen and oxygen atoms in total. The van der Waals surface area contributed by atoms with Crippen molar-refractivity contribution in [1.82, 2.24) is 4.72 Å². The molecule has 0 fully saturated rings. The van der Waals surface area contributed by atoms with Gasteiger partial charge in [-0.05, 0) is 19.1 Å². The van der Waals surface area contributed by atoms with E-state index in [4.69, 9.17) is 17.3 Å². The first kappa shape index (κ1) is 14.7. The fourth-order valence-corrected chi connectivity index (χ4v) is 3.19. The maximum absolute atomic E-state index is 12.0. The van der Waals surface area contributed by atoms with Crippen molar-refractivity contribution in [2.24, 2.45) is 0 Å². The molecule has 0 saturated carbocycles. The van der Waals surface area contributed by atoms with Gasteiger partial charge in [-0.15, -0.1) is 0 Å². The van der Waals surface area contributed by atoms with E-state index >= 15 is 0 Å². The van der Waals surface area contributed by atoms with E-state index in [0.29, 0.717) is 0 Å². The molecule has 1 aromatic carbocycles. The van der Waals surface area contributed by atoms with E-state index < -0.39 is 22.0 Å². The lowest BCUT2D eigenvalue weighted by atomic mass is 10.3. The van der Waals surface area contributed by atoms with Crippen LogP contribution in [0, 0.1) is 0 Å². The van der Waals surface area contributed by atoms with Gasteiger partial charge in [0, 0.05) is 0 Å². The molecule has 18 heavy (non-hydrogen) atoms. The summed E-state index contributed by atoms with van der Waals surface area (Å²) in [4.78, 5) is 10.9. The van der Waals surface area contributed by atoms with E-state index in [1.807, 2.05) is 0 Å². The van der Waals surface area contributed by atoms with Crippen LogP contribution in [0.2, 0.25) is 5.02 Å². The summed E-state index contributed by atoms with van der Waals surface area (Å²) in [5.74, 6) is -0.704. The van der Waals surface area contributed by atoms with Gasteiger partial charge in [0.2, 0.25) is 10.0 Å². The monoisotopic (exact) mass is 292 g/mol. The SMILES string of the molecule is COC(=O)C(C)NS(=O)(=O)c1c(N)cccc1Cl. The first-order valence-electron chi connectivity index (χ1n) is 4.93. The zero-order valence-corrected chi connectivity index (χ0v) is 11.4. The number of rotatable bonds is 4.